The van der Waals surface area contributed by atoms with Crippen LogP contribution in [0.25, 0.3) is 0 Å². The molecule has 1 unspecified atom stereocenters. The van der Waals surface area contributed by atoms with Gasteiger partial charge in [-0.05, 0) is 47.6 Å². The quantitative estimate of drug-likeness (QED) is 0.794. The summed E-state index contributed by atoms with van der Waals surface area (Å²) in [6.45, 7) is 7.03. The van der Waals surface area contributed by atoms with Crippen molar-refractivity contribution < 1.29 is 0 Å². The number of nitrogen functional groups attached to an aromatic ring is 1. The van der Waals surface area contributed by atoms with Gasteiger partial charge in [0, 0.05) is 29.9 Å². The Morgan fingerprint density at radius 1 is 1.14 bits per heavy atom. The number of hydrogen-bond donors (Lipinski definition) is 1. The first-order chi connectivity index (χ1) is 10.6. The molecule has 2 aliphatic rings. The molecule has 2 aromatic carbocycles. The zero-order valence-electron chi connectivity index (χ0n) is 13.5. The third-order valence-electron chi connectivity index (χ3n) is 5.73. The summed E-state index contributed by atoms with van der Waals surface area (Å²) in [5, 5.41) is 0. The molecule has 0 amide bonds. The fourth-order valence-electron chi connectivity index (χ4n) is 4.27. The van der Waals surface area contributed by atoms with Gasteiger partial charge >= 0.3 is 0 Å². The van der Waals surface area contributed by atoms with E-state index in [2.05, 4.69) is 61.2 Å². The lowest BCUT2D eigenvalue weighted by Gasteiger charge is -2.47. The molecule has 0 fully saturated rings. The second kappa shape index (κ2) is 4.77. The molecule has 0 radical (unpaired) electrons. The minimum absolute atomic E-state index is 0.0638. The predicted octanol–water partition coefficient (Wildman–Crippen LogP) is 4.29. The summed E-state index contributed by atoms with van der Waals surface area (Å²) in [6, 6.07) is 15.3. The summed E-state index contributed by atoms with van der Waals surface area (Å²) in [7, 11) is 0. The molecule has 114 valence electrons. The molecule has 22 heavy (non-hydrogen) atoms. The van der Waals surface area contributed by atoms with Crippen LogP contribution < -0.4 is 10.6 Å². The van der Waals surface area contributed by atoms with Gasteiger partial charge in [0.25, 0.3) is 0 Å². The summed E-state index contributed by atoms with van der Waals surface area (Å²) in [6.07, 6.45) is 2.39. The number of benzene rings is 2. The van der Waals surface area contributed by atoms with E-state index in [1.165, 1.54) is 35.3 Å². The van der Waals surface area contributed by atoms with E-state index in [1.807, 2.05) is 0 Å². The van der Waals surface area contributed by atoms with E-state index >= 15 is 0 Å². The average Bonchev–Trinajstić information content (AvgIpc) is 2.54. The van der Waals surface area contributed by atoms with E-state index in [4.69, 9.17) is 5.73 Å². The SMILES string of the molecule is CC1CCN2CC[C@@](C)(c3ccccc3)c3cc(N)cc1c32. The van der Waals surface area contributed by atoms with Crippen LogP contribution in [0.2, 0.25) is 0 Å². The molecule has 0 aromatic heterocycles. The smallest absolute Gasteiger partial charge is 0.0444 e. The number of hydrogen-bond acceptors (Lipinski definition) is 2. The van der Waals surface area contributed by atoms with Crippen LogP contribution in [0.15, 0.2) is 42.5 Å². The first kappa shape index (κ1) is 13.7. The van der Waals surface area contributed by atoms with Gasteiger partial charge in [-0.1, -0.05) is 44.2 Å². The Kier molecular flexibility index (Phi) is 2.97. The Bertz CT molecular complexity index is 707. The lowest BCUT2D eigenvalue weighted by molar-refractivity contribution is 0.467. The van der Waals surface area contributed by atoms with Crippen molar-refractivity contribution in [1.82, 2.24) is 0 Å². The van der Waals surface area contributed by atoms with Crippen LogP contribution in [0, 0.1) is 0 Å². The third kappa shape index (κ3) is 1.86. The van der Waals surface area contributed by atoms with Gasteiger partial charge in [-0.2, -0.15) is 0 Å². The molecule has 0 bridgehead atoms. The fourth-order valence-corrected chi connectivity index (χ4v) is 4.27. The van der Waals surface area contributed by atoms with Crippen molar-refractivity contribution in [2.45, 2.75) is 38.0 Å². The standard InChI is InChI=1S/C20H24N2/c1-14-8-10-22-11-9-20(2,15-6-4-3-5-7-15)18-13-16(21)12-17(14)19(18)22/h3-7,12-14H,8-11,21H2,1-2H3/t14?,20-/m0/s1. The monoisotopic (exact) mass is 292 g/mol. The van der Waals surface area contributed by atoms with E-state index in [-0.39, 0.29) is 5.41 Å². The Morgan fingerprint density at radius 2 is 1.91 bits per heavy atom. The summed E-state index contributed by atoms with van der Waals surface area (Å²) < 4.78 is 0. The second-order valence-corrected chi connectivity index (χ2v) is 7.13. The molecule has 0 saturated carbocycles. The molecule has 2 atom stereocenters. The van der Waals surface area contributed by atoms with Gasteiger partial charge in [0.2, 0.25) is 0 Å². The van der Waals surface area contributed by atoms with Crippen LogP contribution in [-0.2, 0) is 5.41 Å². The number of rotatable bonds is 1. The van der Waals surface area contributed by atoms with Gasteiger partial charge in [0.1, 0.15) is 0 Å². The largest absolute Gasteiger partial charge is 0.399 e. The van der Waals surface area contributed by atoms with Gasteiger partial charge in [-0.15, -0.1) is 0 Å². The molecule has 0 spiro atoms. The summed E-state index contributed by atoms with van der Waals surface area (Å²) in [5.41, 5.74) is 13.0. The van der Waals surface area contributed by atoms with E-state index in [9.17, 15) is 0 Å². The molecule has 2 heteroatoms. The zero-order chi connectivity index (χ0) is 15.3. The second-order valence-electron chi connectivity index (χ2n) is 7.13. The maximum absolute atomic E-state index is 6.27. The maximum atomic E-state index is 6.27. The minimum atomic E-state index is 0.0638. The van der Waals surface area contributed by atoms with Crippen molar-refractivity contribution in [1.29, 1.82) is 0 Å². The molecule has 2 nitrogen and oxygen atoms in total. The summed E-state index contributed by atoms with van der Waals surface area (Å²) in [5.74, 6) is 0.603. The Labute approximate surface area is 132 Å². The number of nitrogens with two attached hydrogens (primary N) is 1. The topological polar surface area (TPSA) is 29.3 Å². The van der Waals surface area contributed by atoms with Crippen LogP contribution in [0.4, 0.5) is 11.4 Å². The number of anilines is 2. The van der Waals surface area contributed by atoms with Crippen molar-refractivity contribution in [2.24, 2.45) is 0 Å². The van der Waals surface area contributed by atoms with Crippen LogP contribution >= 0.6 is 0 Å². The predicted molar refractivity (Wildman–Crippen MR) is 93.6 cm³/mol. The highest BCUT2D eigenvalue weighted by Gasteiger charge is 2.39. The average molecular weight is 292 g/mol. The van der Waals surface area contributed by atoms with Gasteiger partial charge in [0.05, 0.1) is 0 Å². The van der Waals surface area contributed by atoms with E-state index in [1.54, 1.807) is 0 Å². The fraction of sp³-hybridized carbons (Fsp3) is 0.400. The Morgan fingerprint density at radius 3 is 2.68 bits per heavy atom. The van der Waals surface area contributed by atoms with Crippen molar-refractivity contribution in [3.05, 3.63) is 59.2 Å². The first-order valence-electron chi connectivity index (χ1n) is 8.34. The molecular weight excluding hydrogens is 268 g/mol. The minimum Gasteiger partial charge on any atom is -0.399 e. The van der Waals surface area contributed by atoms with Gasteiger partial charge in [-0.25, -0.2) is 0 Å². The van der Waals surface area contributed by atoms with Crippen LogP contribution in [0.3, 0.4) is 0 Å². The maximum Gasteiger partial charge on any atom is 0.0444 e. The van der Waals surface area contributed by atoms with Gasteiger partial charge in [-0.3, -0.25) is 0 Å². The van der Waals surface area contributed by atoms with Crippen LogP contribution in [-0.4, -0.2) is 13.1 Å². The molecule has 0 saturated heterocycles. The lowest BCUT2D eigenvalue weighted by atomic mass is 9.68. The molecule has 2 aromatic rings. The van der Waals surface area contributed by atoms with Gasteiger partial charge < -0.3 is 10.6 Å². The Hall–Kier alpha value is -1.96. The number of nitrogens with zero attached hydrogens (tertiary/aromatic N) is 1. The Balaban J connectivity index is 1.97. The molecular formula is C20H24N2. The van der Waals surface area contributed by atoms with Crippen LogP contribution in [0.5, 0.6) is 0 Å². The van der Waals surface area contributed by atoms with E-state index in [0.29, 0.717) is 5.92 Å². The zero-order valence-corrected chi connectivity index (χ0v) is 13.5. The van der Waals surface area contributed by atoms with Crippen molar-refractivity contribution >= 4 is 11.4 Å². The molecule has 2 N–H and O–H groups in total. The molecule has 0 aliphatic carbocycles. The molecule has 4 rings (SSSR count). The van der Waals surface area contributed by atoms with Crippen molar-refractivity contribution in [2.75, 3.05) is 23.7 Å². The molecule has 2 heterocycles. The van der Waals surface area contributed by atoms with Crippen molar-refractivity contribution in [3.63, 3.8) is 0 Å². The highest BCUT2D eigenvalue weighted by Crippen LogP contribution is 2.50. The normalized spacial score (nSPS) is 26.6. The molecule has 2 aliphatic heterocycles. The summed E-state index contributed by atoms with van der Waals surface area (Å²) in [4.78, 5) is 2.58. The van der Waals surface area contributed by atoms with Gasteiger partial charge in [0.15, 0.2) is 0 Å². The van der Waals surface area contributed by atoms with E-state index in [0.717, 1.165) is 18.7 Å². The highest BCUT2D eigenvalue weighted by atomic mass is 15.1. The third-order valence-corrected chi connectivity index (χ3v) is 5.73. The highest BCUT2D eigenvalue weighted by molar-refractivity contribution is 5.72. The summed E-state index contributed by atoms with van der Waals surface area (Å²) >= 11 is 0. The van der Waals surface area contributed by atoms with Crippen molar-refractivity contribution in [3.8, 4) is 0 Å². The van der Waals surface area contributed by atoms with Crippen LogP contribution in [0.1, 0.15) is 49.3 Å². The lowest BCUT2D eigenvalue weighted by Crippen LogP contribution is -2.43. The van der Waals surface area contributed by atoms with E-state index < -0.39 is 0 Å². The first-order valence-corrected chi connectivity index (χ1v) is 8.34.